The van der Waals surface area contributed by atoms with Crippen molar-refractivity contribution in [3.8, 4) is 22.3 Å². The molecule has 0 heterocycles. The molecule has 0 saturated heterocycles. The minimum atomic E-state index is -2.51. The Hall–Kier alpha value is -5.20. The average molecular weight is 837 g/mol. The third kappa shape index (κ3) is 6.25. The van der Waals surface area contributed by atoms with Crippen molar-refractivity contribution >= 4 is 55.7 Å². The molecule has 0 bridgehead atoms. The second-order valence-electron chi connectivity index (χ2n) is 15.7. The van der Waals surface area contributed by atoms with Crippen molar-refractivity contribution in [3.05, 3.63) is 191 Å². The number of alkyl halides is 1. The zero-order chi connectivity index (χ0) is 39.4. The van der Waals surface area contributed by atoms with Crippen molar-refractivity contribution in [3.63, 3.8) is 0 Å². The summed E-state index contributed by atoms with van der Waals surface area (Å²) in [7, 11) is 0. The van der Waals surface area contributed by atoms with Crippen LogP contribution in [0.5, 0.6) is 0 Å². The van der Waals surface area contributed by atoms with Crippen LogP contribution in [0.1, 0.15) is 61.1 Å². The van der Waals surface area contributed by atoms with E-state index in [1.165, 1.54) is 71.9 Å². The van der Waals surface area contributed by atoms with Gasteiger partial charge in [-0.3, -0.25) is 0 Å². The molecule has 2 aliphatic rings. The minimum absolute atomic E-state index is 0.169. The summed E-state index contributed by atoms with van der Waals surface area (Å²) in [5.74, 6) is 0. The number of rotatable bonds is 6. The molecule has 9 rings (SSSR count). The van der Waals surface area contributed by atoms with Gasteiger partial charge in [-0.2, -0.15) is 0 Å². The molecule has 0 fully saturated rings. The molecule has 7 aromatic carbocycles. The molecule has 0 N–H and O–H groups in total. The first-order valence-corrected chi connectivity index (χ1v) is 21.9. The predicted octanol–water partition coefficient (Wildman–Crippen LogP) is 15.1. The first kappa shape index (κ1) is 35.5. The van der Waals surface area contributed by atoms with Crippen molar-refractivity contribution in [2.45, 2.75) is 52.4 Å². The number of hydrogen-bond donors (Lipinski definition) is 0. The molecule has 7 aromatic rings. The zero-order valence-corrected chi connectivity index (χ0v) is 34.8. The van der Waals surface area contributed by atoms with E-state index in [-0.39, 0.29) is 10.8 Å². The molecule has 55 heavy (non-hydrogen) atoms. The van der Waals surface area contributed by atoms with E-state index in [2.05, 4.69) is 209 Å². The summed E-state index contributed by atoms with van der Waals surface area (Å²) in [4.78, 5) is 6.10. The number of halogens is 2. The van der Waals surface area contributed by atoms with Crippen molar-refractivity contribution in [2.75, 3.05) is 14.7 Å². The van der Waals surface area contributed by atoms with Crippen molar-refractivity contribution in [1.82, 2.24) is 0 Å². The maximum absolute atomic E-state index is 10.8. The first-order chi connectivity index (χ1) is 26.9. The summed E-state index contributed by atoms with van der Waals surface area (Å²) < 4.78 is 16.9. The van der Waals surface area contributed by atoms with E-state index in [0.717, 1.165) is 22.7 Å². The van der Waals surface area contributed by atoms with Gasteiger partial charge in [0.1, 0.15) is 0 Å². The predicted molar refractivity (Wildman–Crippen MR) is 243 cm³/mol. The van der Waals surface area contributed by atoms with Crippen LogP contribution >= 0.6 is 21.6 Å². The monoisotopic (exact) mass is 836 g/mol. The summed E-state index contributed by atoms with van der Waals surface area (Å²) in [6.07, 6.45) is 0. The summed E-state index contributed by atoms with van der Waals surface area (Å²) >= 11 is -2.51. The molecule has 0 aliphatic heterocycles. The molecule has 0 radical (unpaired) electrons. The van der Waals surface area contributed by atoms with Gasteiger partial charge in [0.25, 0.3) is 0 Å². The van der Waals surface area contributed by atoms with Gasteiger partial charge in [0.2, 0.25) is 0 Å². The maximum atomic E-state index is 10.8. The van der Waals surface area contributed by atoms with E-state index in [9.17, 15) is 2.86 Å². The van der Waals surface area contributed by atoms with Gasteiger partial charge in [0, 0.05) is 45.0 Å². The van der Waals surface area contributed by atoms with E-state index in [4.69, 9.17) is 0.594 Å². The van der Waals surface area contributed by atoms with Gasteiger partial charge in [0.05, 0.1) is 0 Å². The number of hydrogen-bond acceptors (Lipinski definition) is 2. The van der Waals surface area contributed by atoms with Gasteiger partial charge in [-0.1, -0.05) is 100 Å². The van der Waals surface area contributed by atoms with Crippen LogP contribution in [0.4, 0.5) is 37.0 Å². The average Bonchev–Trinajstić information content (AvgIpc) is 3.55. The molecule has 0 spiro atoms. The number of benzene rings is 7. The number of fused-ring (bicyclic) bond motifs is 6. The van der Waals surface area contributed by atoms with Crippen LogP contribution in [0.2, 0.25) is 0 Å². The quantitative estimate of drug-likeness (QED) is 0.122. The molecule has 4 heteroatoms. The van der Waals surface area contributed by atoms with Crippen molar-refractivity contribution in [1.29, 1.82) is 0.594 Å². The Balaban J connectivity index is 0.00000105. The van der Waals surface area contributed by atoms with Crippen LogP contribution in [0, 0.1) is 13.8 Å². The second kappa shape index (κ2) is 14.5. The number of aryl methyl sites for hydroxylation is 2. The Morgan fingerprint density at radius 3 is 0.982 bits per heavy atom. The summed E-state index contributed by atoms with van der Waals surface area (Å²) in [5, 5.41) is 0. The Bertz CT molecular complexity index is 2280. The zero-order valence-electron chi connectivity index (χ0n) is 33.7. The summed E-state index contributed by atoms with van der Waals surface area (Å²) in [6.45, 7) is 14.3. The van der Waals surface area contributed by atoms with Gasteiger partial charge in [0.15, 0.2) is 0 Å². The SMILES string of the molecule is Cc1cc(N(c2ccccc2)c2ccccc2)cc2c1-c1cc3c(cc1C2(C)C)-c1c(C)cc(N(c2ccccc2)c2ccccc2)cc1C3(C)C.[3H]I(C)F. The van der Waals surface area contributed by atoms with E-state index in [1.807, 2.05) is 0 Å². The first-order valence-electron chi connectivity index (χ1n) is 19.3. The molecule has 0 amide bonds. The van der Waals surface area contributed by atoms with E-state index in [0.29, 0.717) is 0 Å². The normalized spacial score (nSPS) is 14.3. The Labute approximate surface area is 337 Å². The molecule has 0 aromatic heterocycles. The summed E-state index contributed by atoms with van der Waals surface area (Å²) in [6, 6.07) is 57.7. The van der Waals surface area contributed by atoms with Crippen LogP contribution in [0.25, 0.3) is 22.3 Å². The molecule has 2 nitrogen and oxygen atoms in total. The summed E-state index contributed by atoms with van der Waals surface area (Å²) in [5.41, 5.74) is 20.4. The number of anilines is 6. The Morgan fingerprint density at radius 1 is 0.436 bits per heavy atom. The molecule has 2 aliphatic carbocycles. The van der Waals surface area contributed by atoms with Gasteiger partial charge < -0.3 is 9.80 Å². The second-order valence-corrected chi connectivity index (χ2v) is 16.5. The van der Waals surface area contributed by atoms with Crippen LogP contribution in [-0.2, 0) is 10.8 Å². The molecule has 276 valence electrons. The fourth-order valence-electron chi connectivity index (χ4n) is 9.04. The Kier molecular flexibility index (Phi) is 9.34. The fraction of sp³-hybridized carbons (Fsp3) is 0.176. The van der Waals surface area contributed by atoms with Crippen LogP contribution in [0.3, 0.4) is 0 Å². The number of para-hydroxylation sites is 4. The van der Waals surface area contributed by atoms with E-state index in [1.54, 1.807) is 0 Å². The van der Waals surface area contributed by atoms with Gasteiger partial charge >= 0.3 is 30.0 Å². The Morgan fingerprint density at radius 2 is 0.709 bits per heavy atom. The molecular weight excluding hydrogens is 786 g/mol. The van der Waals surface area contributed by atoms with E-state index >= 15 is 0 Å². The third-order valence-corrected chi connectivity index (χ3v) is 11.6. The molecule has 0 saturated carbocycles. The molecular formula is C51H48FIN2. The molecule has 0 atom stereocenters. The van der Waals surface area contributed by atoms with Crippen LogP contribution in [-0.4, -0.2) is 5.52 Å². The third-order valence-electron chi connectivity index (χ3n) is 11.6. The van der Waals surface area contributed by atoms with Crippen LogP contribution < -0.4 is 9.80 Å². The van der Waals surface area contributed by atoms with Crippen molar-refractivity contribution < 1.29 is 2.86 Å². The van der Waals surface area contributed by atoms with E-state index < -0.39 is 21.6 Å². The van der Waals surface area contributed by atoms with Gasteiger partial charge in [-0.05, 0) is 154 Å². The topological polar surface area (TPSA) is 6.48 Å². The van der Waals surface area contributed by atoms with Gasteiger partial charge in [-0.25, -0.2) is 0 Å². The van der Waals surface area contributed by atoms with Gasteiger partial charge in [-0.15, -0.1) is 0 Å². The number of nitrogens with zero attached hydrogens (tertiary/aromatic N) is 2. The fourth-order valence-corrected chi connectivity index (χ4v) is 9.04. The molecule has 0 unspecified atom stereocenters. The van der Waals surface area contributed by atoms with Crippen molar-refractivity contribution in [2.24, 2.45) is 0 Å². The van der Waals surface area contributed by atoms with Crippen LogP contribution in [0.15, 0.2) is 158 Å². The standard InChI is InChI=1S/C50H44N2.CH4FI/c1-33-27-39(51(35-19-11-7-12-20-35)36-21-13-8-14-22-36)29-45-47(33)41-31-44-42(32-43(41)49(45,3)4)48-34(2)28-40(30-46(48)50(44,5)6)52(37-23-15-9-16-24-37)38-25-17-10-18-26-38;1-3-2/h7-32H,1-6H3;3H,1H3/i;3T.